The molecule has 0 saturated carbocycles. The summed E-state index contributed by atoms with van der Waals surface area (Å²) >= 11 is 0. The Kier molecular flexibility index (Phi) is 16.4. The summed E-state index contributed by atoms with van der Waals surface area (Å²) in [6.07, 6.45) is 24.6. The van der Waals surface area contributed by atoms with Crippen molar-refractivity contribution in [2.75, 3.05) is 29.5 Å². The molecule has 0 spiro atoms. The van der Waals surface area contributed by atoms with Gasteiger partial charge in [0, 0.05) is 85.5 Å². The highest BCUT2D eigenvalue weighted by Gasteiger charge is 2.14. The molecule has 0 amide bonds. The van der Waals surface area contributed by atoms with E-state index in [4.69, 9.17) is 0 Å². The molecule has 4 nitrogen and oxygen atoms in total. The Morgan fingerprint density at radius 2 is 1.25 bits per heavy atom. The molecule has 0 saturated heterocycles. The SMILES string of the molecule is C[n+]1ccccc1/C=C/C1=CC=C(N(CCCCSSCCCCN(Cc2ccccc2)c2ccc(/C=C/c3cccc[nH+]3)cc2)Cc2ccccc2)CC1. The summed E-state index contributed by atoms with van der Waals surface area (Å²) in [5, 5.41) is 0. The molecule has 6 rings (SSSR count). The Balaban J connectivity index is 0.923. The lowest BCUT2D eigenvalue weighted by molar-refractivity contribution is -0.673. The first-order valence-corrected chi connectivity index (χ1v) is 22.3. The molecule has 2 heterocycles. The number of rotatable bonds is 21. The third-order valence-electron chi connectivity index (χ3n) is 9.90. The van der Waals surface area contributed by atoms with Crippen molar-refractivity contribution < 1.29 is 9.55 Å². The quantitative estimate of drug-likeness (QED) is 0.0422. The molecule has 0 fully saturated rings. The van der Waals surface area contributed by atoms with Gasteiger partial charge in [0.2, 0.25) is 11.4 Å². The second-order valence-corrected chi connectivity index (χ2v) is 16.8. The minimum Gasteiger partial charge on any atom is -0.370 e. The summed E-state index contributed by atoms with van der Waals surface area (Å²) in [6.45, 7) is 4.06. The van der Waals surface area contributed by atoms with Crippen molar-refractivity contribution in [1.29, 1.82) is 0 Å². The highest BCUT2D eigenvalue weighted by Crippen LogP contribution is 2.27. The molecule has 0 radical (unpaired) electrons. The normalized spacial score (nSPS) is 12.9. The number of aromatic amines is 1. The van der Waals surface area contributed by atoms with Crippen LogP contribution in [0.15, 0.2) is 163 Å². The lowest BCUT2D eigenvalue weighted by atomic mass is 10.00. The van der Waals surface area contributed by atoms with Gasteiger partial charge in [0.05, 0.1) is 0 Å². The van der Waals surface area contributed by atoms with Gasteiger partial charge < -0.3 is 9.80 Å². The molecule has 3 aromatic carbocycles. The maximum atomic E-state index is 3.27. The van der Waals surface area contributed by atoms with E-state index < -0.39 is 0 Å². The third-order valence-corrected chi connectivity index (χ3v) is 12.5. The fraction of sp³-hybridized carbons (Fsp3) is 0.265. The fourth-order valence-corrected chi connectivity index (χ4v) is 9.01. The first-order valence-electron chi connectivity index (χ1n) is 19.8. The summed E-state index contributed by atoms with van der Waals surface area (Å²) in [4.78, 5) is 8.43. The number of aromatic nitrogens is 2. The van der Waals surface area contributed by atoms with Crippen LogP contribution in [0.3, 0.4) is 0 Å². The molecule has 0 aliphatic heterocycles. The van der Waals surface area contributed by atoms with E-state index in [1.54, 1.807) is 0 Å². The summed E-state index contributed by atoms with van der Waals surface area (Å²) in [5.74, 6) is 2.40. The number of aryl methyl sites for hydroxylation is 1. The highest BCUT2D eigenvalue weighted by molar-refractivity contribution is 8.76. The van der Waals surface area contributed by atoms with Crippen LogP contribution >= 0.6 is 21.6 Å². The van der Waals surface area contributed by atoms with Crippen LogP contribution in [-0.4, -0.2) is 29.5 Å². The van der Waals surface area contributed by atoms with Crippen LogP contribution in [0.25, 0.3) is 18.2 Å². The highest BCUT2D eigenvalue weighted by atomic mass is 33.1. The number of allylic oxidation sites excluding steroid dienone is 5. The first-order chi connectivity index (χ1) is 27.2. The summed E-state index contributed by atoms with van der Waals surface area (Å²) < 4.78 is 2.16. The van der Waals surface area contributed by atoms with Crippen molar-refractivity contribution in [3.8, 4) is 0 Å². The van der Waals surface area contributed by atoms with Crippen LogP contribution in [0.5, 0.6) is 0 Å². The number of nitrogens with one attached hydrogen (secondary N) is 1. The maximum Gasteiger partial charge on any atom is 0.204 e. The van der Waals surface area contributed by atoms with Gasteiger partial charge in [0.15, 0.2) is 12.4 Å². The summed E-state index contributed by atoms with van der Waals surface area (Å²) in [7, 11) is 6.20. The van der Waals surface area contributed by atoms with Gasteiger partial charge in [-0.25, -0.2) is 9.55 Å². The average Bonchev–Trinajstić information content (AvgIpc) is 3.24. The predicted octanol–water partition coefficient (Wildman–Crippen LogP) is 11.3. The number of H-pyrrole nitrogens is 1. The van der Waals surface area contributed by atoms with E-state index in [2.05, 4.69) is 206 Å². The minimum atomic E-state index is 0.927. The Hall–Kier alpha value is -4.78. The molecular weight excluding hydrogens is 709 g/mol. The monoisotopic (exact) mass is 764 g/mol. The molecule has 0 bridgehead atoms. The second kappa shape index (κ2) is 22.6. The third kappa shape index (κ3) is 13.8. The number of unbranched alkanes of at least 4 members (excludes halogenated alkanes) is 2. The Bertz CT molecular complexity index is 1970. The second-order valence-electron chi connectivity index (χ2n) is 14.1. The van der Waals surface area contributed by atoms with Crippen LogP contribution in [0.2, 0.25) is 0 Å². The standard InChI is InChI=1S/C49H55N4S2/c1-51-35-11-9-21-47(51)29-23-43-26-32-49(33-27-43)53(41-45-18-6-3-7-19-45)37-13-15-39-55-54-38-14-12-36-52(40-44-16-4-2-5-17-44)48-30-24-42(25-31-48)22-28-46-20-8-10-34-50-46/h2-11,16-26,28-32,34-35H,12-15,27,33,36-41H2,1H3/q+1/p+1/b28-22+. The van der Waals surface area contributed by atoms with Crippen molar-refractivity contribution in [2.45, 2.75) is 51.6 Å². The van der Waals surface area contributed by atoms with Crippen molar-refractivity contribution in [1.82, 2.24) is 4.90 Å². The Morgan fingerprint density at radius 1 is 0.600 bits per heavy atom. The molecule has 5 aromatic rings. The number of hydrogen-bond acceptors (Lipinski definition) is 4. The number of hydrogen-bond donors (Lipinski definition) is 0. The van der Waals surface area contributed by atoms with E-state index in [-0.39, 0.29) is 0 Å². The van der Waals surface area contributed by atoms with Crippen LogP contribution in [0, 0.1) is 0 Å². The fourth-order valence-electron chi connectivity index (χ4n) is 6.72. The molecule has 0 atom stereocenters. The first kappa shape index (κ1) is 39.9. The summed E-state index contributed by atoms with van der Waals surface area (Å²) in [6, 6.07) is 43.3. The molecule has 282 valence electrons. The molecule has 1 aliphatic rings. The largest absolute Gasteiger partial charge is 0.370 e. The van der Waals surface area contributed by atoms with Crippen LogP contribution in [-0.2, 0) is 20.1 Å². The van der Waals surface area contributed by atoms with Gasteiger partial charge in [-0.05, 0) is 97.2 Å². The molecule has 1 N–H and O–H groups in total. The average molecular weight is 765 g/mol. The molecular formula is C49H56N4S2+2. The number of pyridine rings is 2. The van der Waals surface area contributed by atoms with Gasteiger partial charge in [-0.2, -0.15) is 0 Å². The van der Waals surface area contributed by atoms with Gasteiger partial charge >= 0.3 is 0 Å². The zero-order chi connectivity index (χ0) is 37.8. The molecule has 0 unspecified atom stereocenters. The molecule has 55 heavy (non-hydrogen) atoms. The van der Waals surface area contributed by atoms with Gasteiger partial charge in [-0.15, -0.1) is 0 Å². The molecule has 2 aromatic heterocycles. The van der Waals surface area contributed by atoms with E-state index in [0.29, 0.717) is 0 Å². The van der Waals surface area contributed by atoms with Crippen molar-refractivity contribution in [3.05, 3.63) is 191 Å². The number of benzene rings is 3. The van der Waals surface area contributed by atoms with Crippen LogP contribution in [0.4, 0.5) is 5.69 Å². The molecule has 6 heteroatoms. The predicted molar refractivity (Wildman–Crippen MR) is 238 cm³/mol. The number of anilines is 1. The van der Waals surface area contributed by atoms with Crippen LogP contribution < -0.4 is 14.5 Å². The number of nitrogens with zero attached hydrogens (tertiary/aromatic N) is 3. The van der Waals surface area contributed by atoms with Crippen molar-refractivity contribution in [3.63, 3.8) is 0 Å². The topological polar surface area (TPSA) is 24.5 Å². The molecule has 1 aliphatic carbocycles. The summed E-state index contributed by atoms with van der Waals surface area (Å²) in [5.41, 5.74) is 10.4. The van der Waals surface area contributed by atoms with E-state index in [0.717, 1.165) is 44.7 Å². The van der Waals surface area contributed by atoms with E-state index >= 15 is 0 Å². The van der Waals surface area contributed by atoms with Gasteiger partial charge in [-0.3, -0.25) is 0 Å². The maximum absolute atomic E-state index is 3.27. The Labute approximate surface area is 337 Å². The lowest BCUT2D eigenvalue weighted by Crippen LogP contribution is -2.30. The van der Waals surface area contributed by atoms with Crippen molar-refractivity contribution in [2.24, 2.45) is 7.05 Å². The Morgan fingerprint density at radius 3 is 1.89 bits per heavy atom. The van der Waals surface area contributed by atoms with Gasteiger partial charge in [-0.1, -0.05) is 107 Å². The van der Waals surface area contributed by atoms with E-state index in [1.807, 2.05) is 12.3 Å². The van der Waals surface area contributed by atoms with Crippen LogP contribution in [0.1, 0.15) is 66.6 Å². The van der Waals surface area contributed by atoms with E-state index in [1.165, 1.54) is 76.5 Å². The van der Waals surface area contributed by atoms with Gasteiger partial charge in [0.1, 0.15) is 7.05 Å². The zero-order valence-corrected chi connectivity index (χ0v) is 33.9. The van der Waals surface area contributed by atoms with E-state index in [9.17, 15) is 0 Å². The van der Waals surface area contributed by atoms with Crippen molar-refractivity contribution >= 4 is 45.5 Å². The van der Waals surface area contributed by atoms with Gasteiger partial charge in [0.25, 0.3) is 0 Å². The smallest absolute Gasteiger partial charge is 0.204 e. The zero-order valence-electron chi connectivity index (χ0n) is 32.3. The lowest BCUT2D eigenvalue weighted by Gasteiger charge is -2.29. The minimum absolute atomic E-state index is 0.927.